The average Bonchev–Trinajstić information content (AvgIpc) is 3.19. The largest absolute Gasteiger partial charge is 0.486 e. The van der Waals surface area contributed by atoms with E-state index >= 15 is 0 Å². The molecule has 21 heavy (non-hydrogen) atoms. The van der Waals surface area contributed by atoms with E-state index < -0.39 is 0 Å². The van der Waals surface area contributed by atoms with Crippen LogP contribution in [0.2, 0.25) is 0 Å². The van der Waals surface area contributed by atoms with Crippen LogP contribution in [0.15, 0.2) is 18.6 Å². The quantitative estimate of drug-likeness (QED) is 0.909. The number of methoxy groups -OCH3 is 1. The smallest absolute Gasteiger partial charge is 0.325 e. The van der Waals surface area contributed by atoms with Crippen molar-refractivity contribution in [3.63, 3.8) is 0 Å². The van der Waals surface area contributed by atoms with Gasteiger partial charge < -0.3 is 10.1 Å². The molecule has 2 heterocycles. The fraction of sp³-hybridized carbons (Fsp3) is 0.462. The van der Waals surface area contributed by atoms with Gasteiger partial charge in [-0.15, -0.1) is 0 Å². The van der Waals surface area contributed by atoms with Gasteiger partial charge in [-0.05, 0) is 12.8 Å². The summed E-state index contributed by atoms with van der Waals surface area (Å²) < 4.78 is 6.97. The van der Waals surface area contributed by atoms with E-state index in [9.17, 15) is 4.79 Å². The Bertz CT molecular complexity index is 618. The molecule has 0 saturated heterocycles. The van der Waals surface area contributed by atoms with Crippen LogP contribution in [0.25, 0.3) is 0 Å². The number of urea groups is 1. The molecule has 2 aromatic rings. The minimum absolute atomic E-state index is 0.335. The maximum atomic E-state index is 11.9. The number of rotatable bonds is 4. The molecule has 2 amide bonds. The number of hydrogen-bond acceptors (Lipinski definition) is 5. The van der Waals surface area contributed by atoms with Gasteiger partial charge in [0.25, 0.3) is 0 Å². The molecule has 0 radical (unpaired) electrons. The van der Waals surface area contributed by atoms with Crippen molar-refractivity contribution in [1.29, 1.82) is 0 Å². The number of nitrogens with zero attached hydrogens (tertiary/aromatic N) is 3. The second-order valence-electron chi connectivity index (χ2n) is 4.92. The molecule has 0 aliphatic heterocycles. The lowest BCUT2D eigenvalue weighted by molar-refractivity contribution is 0.262. The summed E-state index contributed by atoms with van der Waals surface area (Å²) in [6, 6.07) is 0.129. The zero-order chi connectivity index (χ0) is 14.7. The van der Waals surface area contributed by atoms with Crippen LogP contribution in [0.5, 0.6) is 5.06 Å². The minimum atomic E-state index is -0.335. The molecule has 1 saturated carbocycles. The topological polar surface area (TPSA) is 81.1 Å². The van der Waals surface area contributed by atoms with E-state index in [0.717, 1.165) is 12.8 Å². The normalized spacial score (nSPS) is 15.1. The van der Waals surface area contributed by atoms with Gasteiger partial charge in [-0.1, -0.05) is 24.2 Å². The summed E-state index contributed by atoms with van der Waals surface area (Å²) >= 11 is 1.27. The summed E-state index contributed by atoms with van der Waals surface area (Å²) in [4.78, 5) is 15.9. The van der Waals surface area contributed by atoms with E-state index in [2.05, 4.69) is 20.7 Å². The number of hydrogen-bond donors (Lipinski definition) is 2. The number of anilines is 2. The predicted octanol–water partition coefficient (Wildman–Crippen LogP) is 3.11. The Balaban J connectivity index is 1.57. The van der Waals surface area contributed by atoms with Crippen LogP contribution < -0.4 is 15.4 Å². The maximum Gasteiger partial charge on any atom is 0.325 e. The number of nitrogens with one attached hydrogen (secondary N) is 2. The standard InChI is InChI=1S/C13H17N5O2S/c1-20-11-7-14-13(21-11)17-12(19)16-9-6-15-18(8-9)10-4-2-3-5-10/h6-8,10H,2-5H2,1H3,(H2,14,16,17,19). The van der Waals surface area contributed by atoms with Crippen molar-refractivity contribution in [2.45, 2.75) is 31.7 Å². The van der Waals surface area contributed by atoms with Crippen molar-refractivity contribution in [2.75, 3.05) is 17.7 Å². The molecule has 3 rings (SSSR count). The second kappa shape index (κ2) is 6.13. The lowest BCUT2D eigenvalue weighted by atomic mass is 10.3. The first-order valence-corrected chi connectivity index (χ1v) is 7.68. The summed E-state index contributed by atoms with van der Waals surface area (Å²) in [7, 11) is 1.56. The zero-order valence-electron chi connectivity index (χ0n) is 11.7. The monoisotopic (exact) mass is 307 g/mol. The number of thiazole rings is 1. The first-order chi connectivity index (χ1) is 10.2. The summed E-state index contributed by atoms with van der Waals surface area (Å²) in [5, 5.41) is 10.9. The SMILES string of the molecule is COc1cnc(NC(=O)Nc2cnn(C3CCCC3)c2)s1. The van der Waals surface area contributed by atoms with Crippen molar-refractivity contribution in [3.8, 4) is 5.06 Å². The van der Waals surface area contributed by atoms with Gasteiger partial charge >= 0.3 is 6.03 Å². The van der Waals surface area contributed by atoms with Crippen LogP contribution in [0, 0.1) is 0 Å². The number of ether oxygens (including phenoxy) is 1. The first-order valence-electron chi connectivity index (χ1n) is 6.86. The number of carbonyl (C=O) groups excluding carboxylic acids is 1. The molecule has 112 valence electrons. The number of carbonyl (C=O) groups is 1. The molecule has 0 spiro atoms. The highest BCUT2D eigenvalue weighted by molar-refractivity contribution is 7.17. The highest BCUT2D eigenvalue weighted by Crippen LogP contribution is 2.29. The second-order valence-corrected chi connectivity index (χ2v) is 5.91. The molecule has 0 unspecified atom stereocenters. The first kappa shape index (κ1) is 13.9. The third-order valence-corrected chi connectivity index (χ3v) is 4.34. The van der Waals surface area contributed by atoms with Crippen molar-refractivity contribution >= 4 is 28.2 Å². The fourth-order valence-electron chi connectivity index (χ4n) is 2.44. The summed E-state index contributed by atoms with van der Waals surface area (Å²) in [6.45, 7) is 0. The van der Waals surface area contributed by atoms with Gasteiger partial charge in [-0.25, -0.2) is 9.78 Å². The van der Waals surface area contributed by atoms with Crippen molar-refractivity contribution in [2.24, 2.45) is 0 Å². The third-order valence-electron chi connectivity index (χ3n) is 3.46. The van der Waals surface area contributed by atoms with Gasteiger partial charge in [-0.2, -0.15) is 5.10 Å². The molecule has 2 N–H and O–H groups in total. The Morgan fingerprint density at radius 2 is 2.19 bits per heavy atom. The van der Waals surface area contributed by atoms with E-state index in [-0.39, 0.29) is 6.03 Å². The molecule has 0 atom stereocenters. The number of aromatic nitrogens is 3. The Kier molecular flexibility index (Phi) is 4.05. The fourth-order valence-corrected chi connectivity index (χ4v) is 3.07. The van der Waals surface area contributed by atoms with Crippen molar-refractivity contribution < 1.29 is 9.53 Å². The lowest BCUT2D eigenvalue weighted by Gasteiger charge is -2.08. The molecular weight excluding hydrogens is 290 g/mol. The molecule has 0 bridgehead atoms. The van der Waals surface area contributed by atoms with E-state index in [0.29, 0.717) is 21.9 Å². The van der Waals surface area contributed by atoms with Crippen molar-refractivity contribution in [3.05, 3.63) is 18.6 Å². The zero-order valence-corrected chi connectivity index (χ0v) is 12.5. The molecular formula is C13H17N5O2S. The Morgan fingerprint density at radius 3 is 2.90 bits per heavy atom. The van der Waals surface area contributed by atoms with Crippen LogP contribution in [-0.4, -0.2) is 27.9 Å². The van der Waals surface area contributed by atoms with E-state index in [1.807, 2.05) is 10.9 Å². The third kappa shape index (κ3) is 3.33. The van der Waals surface area contributed by atoms with Gasteiger partial charge in [0.2, 0.25) is 0 Å². The van der Waals surface area contributed by atoms with Crippen LogP contribution in [0.3, 0.4) is 0 Å². The molecule has 1 aliphatic rings. The average molecular weight is 307 g/mol. The van der Waals surface area contributed by atoms with Crippen LogP contribution >= 0.6 is 11.3 Å². The lowest BCUT2D eigenvalue weighted by Crippen LogP contribution is -2.18. The molecule has 7 nitrogen and oxygen atoms in total. The molecule has 1 fully saturated rings. The predicted molar refractivity (Wildman–Crippen MR) is 81.0 cm³/mol. The van der Waals surface area contributed by atoms with E-state index in [4.69, 9.17) is 4.74 Å². The summed E-state index contributed by atoms with van der Waals surface area (Å²) in [5.74, 6) is 0. The van der Waals surface area contributed by atoms with Gasteiger partial charge in [0.05, 0.1) is 31.2 Å². The molecule has 8 heteroatoms. The van der Waals surface area contributed by atoms with Crippen LogP contribution in [0.1, 0.15) is 31.7 Å². The molecule has 2 aromatic heterocycles. The molecule has 0 aromatic carbocycles. The summed E-state index contributed by atoms with van der Waals surface area (Å²) in [5.41, 5.74) is 0.683. The van der Waals surface area contributed by atoms with E-state index in [1.54, 1.807) is 19.5 Å². The number of amides is 2. The Hall–Kier alpha value is -2.09. The highest BCUT2D eigenvalue weighted by atomic mass is 32.1. The van der Waals surface area contributed by atoms with Crippen LogP contribution in [0.4, 0.5) is 15.6 Å². The Labute approximate surface area is 126 Å². The molecule has 1 aliphatic carbocycles. The minimum Gasteiger partial charge on any atom is -0.486 e. The summed E-state index contributed by atoms with van der Waals surface area (Å²) in [6.07, 6.45) is 9.93. The van der Waals surface area contributed by atoms with Gasteiger partial charge in [0.1, 0.15) is 0 Å². The van der Waals surface area contributed by atoms with Crippen LogP contribution in [-0.2, 0) is 0 Å². The highest BCUT2D eigenvalue weighted by Gasteiger charge is 2.18. The van der Waals surface area contributed by atoms with E-state index in [1.165, 1.54) is 24.2 Å². The van der Waals surface area contributed by atoms with Gasteiger partial charge in [-0.3, -0.25) is 10.00 Å². The van der Waals surface area contributed by atoms with Gasteiger partial charge in [0.15, 0.2) is 10.2 Å². The van der Waals surface area contributed by atoms with Gasteiger partial charge in [0, 0.05) is 6.20 Å². The van der Waals surface area contributed by atoms with Crippen molar-refractivity contribution in [1.82, 2.24) is 14.8 Å². The Morgan fingerprint density at radius 1 is 1.38 bits per heavy atom. The maximum absolute atomic E-state index is 11.9.